The van der Waals surface area contributed by atoms with Crippen molar-refractivity contribution >= 4 is 86.9 Å². The quantitative estimate of drug-likeness (QED) is 0.174. The van der Waals surface area contributed by atoms with Crippen LogP contribution in [0.3, 0.4) is 0 Å². The van der Waals surface area contributed by atoms with Gasteiger partial charge in [-0.15, -0.1) is 0 Å². The van der Waals surface area contributed by atoms with Gasteiger partial charge in [-0.1, -0.05) is 50.0 Å². The second-order valence-electron chi connectivity index (χ2n) is 14.5. The summed E-state index contributed by atoms with van der Waals surface area (Å²) in [5.41, 5.74) is -1.62. The van der Waals surface area contributed by atoms with E-state index < -0.39 is 56.9 Å². The van der Waals surface area contributed by atoms with Gasteiger partial charge in [0, 0.05) is 23.9 Å². The molecular weight excluding hydrogens is 1050 g/mol. The fourth-order valence-corrected chi connectivity index (χ4v) is 8.80. The Balaban J connectivity index is 0.00000167. The van der Waals surface area contributed by atoms with E-state index in [2.05, 4.69) is 53.2 Å². The van der Waals surface area contributed by atoms with Crippen LogP contribution in [0.5, 0.6) is 0 Å². The molecule has 4 fully saturated rings. The average Bonchev–Trinajstić information content (AvgIpc) is 3.82. The number of hydrogen-bond acceptors (Lipinski definition) is 9. The number of benzene rings is 1. The zero-order chi connectivity index (χ0) is 35.6. The summed E-state index contributed by atoms with van der Waals surface area (Å²) in [7, 11) is -2.92. The molecule has 0 aromatic heterocycles. The number of rotatable bonds is 12. The monoisotopic (exact) mass is 1090 g/mol. The molecule has 0 N–H and O–H groups in total. The third kappa shape index (κ3) is 9.85. The maximum absolute atomic E-state index is 14.3. The van der Waals surface area contributed by atoms with E-state index in [1.54, 1.807) is 12.1 Å². The number of Topliss-reactive ketones (excluding diaryl/α,β-unsaturated/α-hetero) is 1. The molecule has 3 aliphatic carbocycles. The van der Waals surface area contributed by atoms with Gasteiger partial charge < -0.3 is 14.4 Å². The molecule has 1 aromatic carbocycles. The maximum atomic E-state index is 14.3. The van der Waals surface area contributed by atoms with Gasteiger partial charge >= 0.3 is 62.4 Å². The van der Waals surface area contributed by atoms with Crippen molar-refractivity contribution in [1.82, 2.24) is 4.90 Å². The van der Waals surface area contributed by atoms with E-state index in [1.165, 1.54) is 30.6 Å². The predicted molar refractivity (Wildman–Crippen MR) is 195 cm³/mol. The van der Waals surface area contributed by atoms with Gasteiger partial charge in [0.05, 0.1) is 41.9 Å². The van der Waals surface area contributed by atoms with Gasteiger partial charge in [0.2, 0.25) is 5.91 Å². The Kier molecular flexibility index (Phi) is 14.1. The first-order chi connectivity index (χ1) is 22.5. The molecule has 5 rings (SSSR count). The van der Waals surface area contributed by atoms with E-state index in [-0.39, 0.29) is 48.5 Å². The van der Waals surface area contributed by atoms with Crippen LogP contribution >= 0.6 is 53.2 Å². The number of esters is 2. The van der Waals surface area contributed by atoms with Crippen LogP contribution in [0.1, 0.15) is 79.1 Å². The van der Waals surface area contributed by atoms with Crippen LogP contribution in [0.15, 0.2) is 33.6 Å². The minimum absolute atomic E-state index is 0.0111. The Bertz CT molecular complexity index is 1460. The second kappa shape index (κ2) is 16.7. The van der Waals surface area contributed by atoms with Crippen LogP contribution in [0.2, 0.25) is 0 Å². The summed E-state index contributed by atoms with van der Waals surface area (Å²) in [5, 5.41) is 0. The summed E-state index contributed by atoms with van der Waals surface area (Å²) >= 11 is 8.59. The van der Waals surface area contributed by atoms with E-state index in [4.69, 9.17) is 13.7 Å². The molecule has 0 radical (unpaired) electrons. The summed E-state index contributed by atoms with van der Waals surface area (Å²) in [5.74, 6) is -1.25. The standard InChI is InChI=1S/C33H44BrNO9S.I3/c1-6-21-16-33(21,31(39)42-5)17-28(36)27-14-24(44-45(40,41)25-9-7-22(34)8-10-25)18-35(27)30(38)26(32(2,3)4)15-29(37)43-23-12-19-11-20(19)13-23;1-3-2/h7-10,19-21,23-24,26-27H,6,11-18H2,1-5H3;/q;-1/t19-,20+,21?,23?,24-,26+,27-,33+;/m0./s1. The molecule has 3 saturated carbocycles. The molecule has 1 aliphatic heterocycles. The van der Waals surface area contributed by atoms with Crippen molar-refractivity contribution in [2.24, 2.45) is 34.5 Å². The number of nitrogens with zero attached hydrogens (tertiary/aromatic N) is 1. The first-order valence-corrected chi connectivity index (χ1v) is 30.9. The third-order valence-corrected chi connectivity index (χ3v) is 12.2. The Morgan fingerprint density at radius 1 is 1.04 bits per heavy atom. The number of methoxy groups -OCH3 is 1. The van der Waals surface area contributed by atoms with E-state index >= 15 is 0 Å². The number of amides is 1. The van der Waals surface area contributed by atoms with Gasteiger partial charge in [0.25, 0.3) is 10.1 Å². The van der Waals surface area contributed by atoms with Crippen LogP contribution in [0.25, 0.3) is 0 Å². The SMILES string of the molecule is CCC1C[C@]1(CC(=O)[C@@H]1C[C@H](OS(=O)(=O)c2ccc(Br)cc2)CN1C(=O)[C@@H](CC(=O)OC1C[C@@H]2C[C@@H]2C1)C(C)(C)C)C(=O)OC.I[I-]I. The van der Waals surface area contributed by atoms with Crippen LogP contribution in [0, 0.1) is 34.5 Å². The van der Waals surface area contributed by atoms with Crippen molar-refractivity contribution in [3.8, 4) is 0 Å². The molecule has 1 heterocycles. The molecule has 270 valence electrons. The number of ketones is 1. The topological polar surface area (TPSA) is 133 Å². The Labute approximate surface area is 322 Å². The van der Waals surface area contributed by atoms with Crippen LogP contribution in [-0.2, 0) is 43.0 Å². The molecule has 15 heteroatoms. The Morgan fingerprint density at radius 3 is 2.17 bits per heavy atom. The van der Waals surface area contributed by atoms with Gasteiger partial charge in [0.15, 0.2) is 5.78 Å². The first-order valence-electron chi connectivity index (χ1n) is 16.2. The van der Waals surface area contributed by atoms with Crippen molar-refractivity contribution < 1.29 is 54.5 Å². The fraction of sp³-hybridized carbons (Fsp3) is 0.697. The zero-order valence-corrected chi connectivity index (χ0v) is 36.6. The fourth-order valence-electron chi connectivity index (χ4n) is 7.46. The van der Waals surface area contributed by atoms with Crippen molar-refractivity contribution in [3.63, 3.8) is 0 Å². The Hall–Kier alpha value is -0.120. The molecule has 1 amide bonds. The van der Waals surface area contributed by atoms with Crippen LogP contribution in [0.4, 0.5) is 0 Å². The van der Waals surface area contributed by atoms with Gasteiger partial charge in [-0.3, -0.25) is 23.4 Å². The second-order valence-corrected chi connectivity index (χ2v) is 33.2. The zero-order valence-electron chi connectivity index (χ0n) is 27.8. The molecule has 1 saturated heterocycles. The number of hydrogen-bond donors (Lipinski definition) is 0. The summed E-state index contributed by atoms with van der Waals surface area (Å²) < 4.78 is 43.5. The van der Waals surface area contributed by atoms with Crippen molar-refractivity contribution in [3.05, 3.63) is 28.7 Å². The van der Waals surface area contributed by atoms with Crippen LogP contribution in [-0.4, -0.2) is 68.9 Å². The molecule has 10 nitrogen and oxygen atoms in total. The van der Waals surface area contributed by atoms with E-state index in [0.29, 0.717) is 42.4 Å². The summed E-state index contributed by atoms with van der Waals surface area (Å²) in [6.07, 6.45) is 2.68. The summed E-state index contributed by atoms with van der Waals surface area (Å²) in [6, 6.07) is 4.96. The van der Waals surface area contributed by atoms with Gasteiger partial charge in [-0.2, -0.15) is 8.42 Å². The van der Waals surface area contributed by atoms with E-state index in [1.807, 2.05) is 27.7 Å². The van der Waals surface area contributed by atoms with Gasteiger partial charge in [0.1, 0.15) is 6.10 Å². The number of fused-ring (bicyclic) bond motifs is 1. The molecule has 48 heavy (non-hydrogen) atoms. The van der Waals surface area contributed by atoms with Crippen molar-refractivity contribution in [2.75, 3.05) is 13.7 Å². The number of likely N-dealkylation sites (tertiary alicyclic amines) is 1. The normalized spacial score (nSPS) is 29.7. The molecule has 2 unspecified atom stereocenters. The van der Waals surface area contributed by atoms with E-state index in [0.717, 1.165) is 12.8 Å². The minimum atomic E-state index is -4.21. The Morgan fingerprint density at radius 2 is 1.65 bits per heavy atom. The number of carbonyl (C=O) groups is 4. The number of halogens is 4. The molecule has 1 aromatic rings. The third-order valence-electron chi connectivity index (χ3n) is 10.3. The first kappa shape index (κ1) is 40.6. The average molecular weight is 1090 g/mol. The molecular formula is C33H44BrI3NO9S-. The molecule has 8 atom stereocenters. The van der Waals surface area contributed by atoms with E-state index in [9.17, 15) is 27.6 Å². The molecule has 0 spiro atoms. The molecule has 0 bridgehead atoms. The number of ether oxygens (including phenoxy) is 2. The van der Waals surface area contributed by atoms with Gasteiger partial charge in [-0.25, -0.2) is 0 Å². The van der Waals surface area contributed by atoms with Gasteiger partial charge in [-0.05, 0) is 73.1 Å². The van der Waals surface area contributed by atoms with Crippen LogP contribution < -0.4 is 13.3 Å². The number of carbonyl (C=O) groups excluding carboxylic acids is 4. The molecule has 4 aliphatic rings. The predicted octanol–water partition coefficient (Wildman–Crippen LogP) is 3.84. The van der Waals surface area contributed by atoms with Crippen molar-refractivity contribution in [1.29, 1.82) is 0 Å². The van der Waals surface area contributed by atoms with Crippen molar-refractivity contribution in [2.45, 2.75) is 102 Å². The summed E-state index contributed by atoms with van der Waals surface area (Å²) in [6.45, 7) is 7.36. The summed E-state index contributed by atoms with van der Waals surface area (Å²) in [4.78, 5) is 55.5.